The standard InChI is InChI=1S/C18H21N5/c19-11-15-10-14-4-1-2-5-16(14)22-17(15)20-12-18(6-7-18)13-23-9-3-8-21-23/h3,8-10H,1-2,4-7,12-13H2,(H,20,22). The first kappa shape index (κ1) is 14.3. The second kappa shape index (κ2) is 5.69. The molecule has 0 saturated heterocycles. The minimum Gasteiger partial charge on any atom is -0.368 e. The largest absolute Gasteiger partial charge is 0.368 e. The Morgan fingerprint density at radius 2 is 2.17 bits per heavy atom. The zero-order valence-corrected chi connectivity index (χ0v) is 13.3. The molecule has 118 valence electrons. The highest BCUT2D eigenvalue weighted by molar-refractivity contribution is 5.55. The average molecular weight is 307 g/mol. The number of pyridine rings is 1. The van der Waals surface area contributed by atoms with E-state index in [1.54, 1.807) is 0 Å². The first-order chi connectivity index (χ1) is 11.3. The van der Waals surface area contributed by atoms with Crippen LogP contribution in [0.15, 0.2) is 24.5 Å². The Bertz CT molecular complexity index is 738. The van der Waals surface area contributed by atoms with Gasteiger partial charge in [-0.3, -0.25) is 4.68 Å². The fraction of sp³-hybridized carbons (Fsp3) is 0.500. The third kappa shape index (κ3) is 2.94. The predicted molar refractivity (Wildman–Crippen MR) is 88.0 cm³/mol. The van der Waals surface area contributed by atoms with Gasteiger partial charge in [-0.25, -0.2) is 4.98 Å². The van der Waals surface area contributed by atoms with Gasteiger partial charge in [0.15, 0.2) is 0 Å². The van der Waals surface area contributed by atoms with Crippen LogP contribution in [0.3, 0.4) is 0 Å². The van der Waals surface area contributed by atoms with E-state index in [2.05, 4.69) is 16.5 Å². The summed E-state index contributed by atoms with van der Waals surface area (Å²) in [6.45, 7) is 1.78. The van der Waals surface area contributed by atoms with Crippen LogP contribution < -0.4 is 5.32 Å². The number of hydrogen-bond acceptors (Lipinski definition) is 4. The highest BCUT2D eigenvalue weighted by Crippen LogP contribution is 2.47. The van der Waals surface area contributed by atoms with Gasteiger partial charge in [0.05, 0.1) is 5.56 Å². The van der Waals surface area contributed by atoms with Crippen molar-refractivity contribution < 1.29 is 0 Å². The van der Waals surface area contributed by atoms with Crippen LogP contribution in [0.25, 0.3) is 0 Å². The molecule has 2 heterocycles. The van der Waals surface area contributed by atoms with Crippen LogP contribution in [-0.4, -0.2) is 21.3 Å². The van der Waals surface area contributed by atoms with Crippen LogP contribution in [0.1, 0.15) is 42.5 Å². The van der Waals surface area contributed by atoms with Gasteiger partial charge in [-0.2, -0.15) is 10.4 Å². The molecule has 2 aliphatic carbocycles. The van der Waals surface area contributed by atoms with Crippen molar-refractivity contribution in [2.75, 3.05) is 11.9 Å². The normalized spacial score (nSPS) is 18.0. The van der Waals surface area contributed by atoms with Crippen LogP contribution in [0.4, 0.5) is 5.82 Å². The predicted octanol–water partition coefficient (Wildman–Crippen LogP) is 2.92. The van der Waals surface area contributed by atoms with Gasteiger partial charge < -0.3 is 5.32 Å². The quantitative estimate of drug-likeness (QED) is 0.922. The molecule has 1 fully saturated rings. The first-order valence-corrected chi connectivity index (χ1v) is 8.42. The van der Waals surface area contributed by atoms with Gasteiger partial charge in [-0.05, 0) is 56.2 Å². The molecule has 0 amide bonds. The molecule has 0 unspecified atom stereocenters. The lowest BCUT2D eigenvalue weighted by Gasteiger charge is -2.20. The summed E-state index contributed by atoms with van der Waals surface area (Å²) in [5.74, 6) is 0.764. The van der Waals surface area contributed by atoms with E-state index in [0.717, 1.165) is 31.7 Å². The number of rotatable bonds is 5. The smallest absolute Gasteiger partial charge is 0.144 e. The van der Waals surface area contributed by atoms with Gasteiger partial charge >= 0.3 is 0 Å². The van der Waals surface area contributed by atoms with Gasteiger partial charge in [0, 0.05) is 36.6 Å². The van der Waals surface area contributed by atoms with E-state index in [4.69, 9.17) is 4.98 Å². The molecule has 0 spiro atoms. The van der Waals surface area contributed by atoms with Crippen molar-refractivity contribution in [2.24, 2.45) is 5.41 Å². The number of fused-ring (bicyclic) bond motifs is 1. The van der Waals surface area contributed by atoms with E-state index < -0.39 is 0 Å². The average Bonchev–Trinajstić information content (AvgIpc) is 3.15. The molecule has 0 atom stereocenters. The lowest BCUT2D eigenvalue weighted by Crippen LogP contribution is -2.23. The minimum atomic E-state index is 0.260. The molecule has 0 aliphatic heterocycles. The molecule has 1 saturated carbocycles. The monoisotopic (exact) mass is 307 g/mol. The van der Waals surface area contributed by atoms with Crippen molar-refractivity contribution in [2.45, 2.75) is 45.1 Å². The Kier molecular flexibility index (Phi) is 3.53. The molecule has 0 radical (unpaired) electrons. The number of nitrogens with one attached hydrogen (secondary N) is 1. The lowest BCUT2D eigenvalue weighted by atomic mass is 9.95. The minimum absolute atomic E-state index is 0.260. The molecular weight excluding hydrogens is 286 g/mol. The highest BCUT2D eigenvalue weighted by Gasteiger charge is 2.43. The molecule has 1 N–H and O–H groups in total. The summed E-state index contributed by atoms with van der Waals surface area (Å²) in [7, 11) is 0. The van der Waals surface area contributed by atoms with E-state index in [-0.39, 0.29) is 5.41 Å². The lowest BCUT2D eigenvalue weighted by molar-refractivity contribution is 0.416. The van der Waals surface area contributed by atoms with E-state index >= 15 is 0 Å². The number of anilines is 1. The second-order valence-electron chi connectivity index (χ2n) is 6.87. The summed E-state index contributed by atoms with van der Waals surface area (Å²) in [5, 5.41) is 17.2. The van der Waals surface area contributed by atoms with Gasteiger partial charge in [0.1, 0.15) is 11.9 Å². The van der Waals surface area contributed by atoms with Crippen LogP contribution in [0, 0.1) is 16.7 Å². The Labute approximate surface area is 136 Å². The van der Waals surface area contributed by atoms with E-state index in [9.17, 15) is 5.26 Å². The molecule has 5 nitrogen and oxygen atoms in total. The molecule has 23 heavy (non-hydrogen) atoms. The summed E-state index contributed by atoms with van der Waals surface area (Å²) in [6.07, 6.45) is 10.7. The third-order valence-electron chi connectivity index (χ3n) is 5.07. The summed E-state index contributed by atoms with van der Waals surface area (Å²) >= 11 is 0. The Hall–Kier alpha value is -2.35. The number of aryl methyl sites for hydroxylation is 2. The Morgan fingerprint density at radius 3 is 2.91 bits per heavy atom. The Morgan fingerprint density at radius 1 is 1.30 bits per heavy atom. The summed E-state index contributed by atoms with van der Waals surface area (Å²) in [4.78, 5) is 4.76. The molecule has 2 aromatic rings. The zero-order chi connectivity index (χ0) is 15.7. The maximum atomic E-state index is 9.43. The maximum absolute atomic E-state index is 9.43. The second-order valence-corrected chi connectivity index (χ2v) is 6.87. The van der Waals surface area contributed by atoms with Gasteiger partial charge in [0.2, 0.25) is 0 Å². The topological polar surface area (TPSA) is 66.5 Å². The van der Waals surface area contributed by atoms with Crippen molar-refractivity contribution in [3.8, 4) is 6.07 Å². The van der Waals surface area contributed by atoms with Crippen molar-refractivity contribution in [1.29, 1.82) is 5.26 Å². The van der Waals surface area contributed by atoms with Gasteiger partial charge in [-0.15, -0.1) is 0 Å². The summed E-state index contributed by atoms with van der Waals surface area (Å²) in [6, 6.07) is 6.30. The third-order valence-corrected chi connectivity index (χ3v) is 5.07. The fourth-order valence-electron chi connectivity index (χ4n) is 3.43. The molecule has 4 rings (SSSR count). The van der Waals surface area contributed by atoms with Crippen molar-refractivity contribution in [1.82, 2.24) is 14.8 Å². The van der Waals surface area contributed by atoms with Crippen LogP contribution in [0.5, 0.6) is 0 Å². The first-order valence-electron chi connectivity index (χ1n) is 8.42. The maximum Gasteiger partial charge on any atom is 0.144 e. The van der Waals surface area contributed by atoms with Crippen molar-refractivity contribution >= 4 is 5.82 Å². The number of aromatic nitrogens is 3. The number of nitrogens with zero attached hydrogens (tertiary/aromatic N) is 4. The van der Waals surface area contributed by atoms with Crippen molar-refractivity contribution in [3.05, 3.63) is 41.3 Å². The number of nitriles is 1. The highest BCUT2D eigenvalue weighted by atomic mass is 15.3. The van der Waals surface area contributed by atoms with E-state index in [1.165, 1.54) is 36.9 Å². The Balaban J connectivity index is 1.49. The van der Waals surface area contributed by atoms with E-state index in [1.807, 2.05) is 29.2 Å². The molecule has 0 bridgehead atoms. The van der Waals surface area contributed by atoms with Crippen LogP contribution >= 0.6 is 0 Å². The molecule has 2 aliphatic rings. The molecular formula is C18H21N5. The van der Waals surface area contributed by atoms with Crippen molar-refractivity contribution in [3.63, 3.8) is 0 Å². The van der Waals surface area contributed by atoms with Gasteiger partial charge in [-0.1, -0.05) is 0 Å². The van der Waals surface area contributed by atoms with E-state index in [0.29, 0.717) is 5.56 Å². The van der Waals surface area contributed by atoms with Gasteiger partial charge in [0.25, 0.3) is 0 Å². The molecule has 0 aromatic carbocycles. The fourth-order valence-corrected chi connectivity index (χ4v) is 3.43. The van der Waals surface area contributed by atoms with Crippen LogP contribution in [0.2, 0.25) is 0 Å². The van der Waals surface area contributed by atoms with Crippen LogP contribution in [-0.2, 0) is 19.4 Å². The molecule has 5 heteroatoms. The SMILES string of the molecule is N#Cc1cc2c(nc1NCC1(Cn3cccn3)CC1)CCCC2. The summed E-state index contributed by atoms with van der Waals surface area (Å²) in [5.41, 5.74) is 3.38. The number of hydrogen-bond donors (Lipinski definition) is 1. The summed E-state index contributed by atoms with van der Waals surface area (Å²) < 4.78 is 2.00. The zero-order valence-electron chi connectivity index (χ0n) is 13.3. The molecule has 2 aromatic heterocycles.